The normalized spacial score (nSPS) is 24.8. The van der Waals surface area contributed by atoms with Crippen molar-refractivity contribution in [2.75, 3.05) is 26.7 Å². The van der Waals surface area contributed by atoms with Crippen molar-refractivity contribution in [1.29, 1.82) is 0 Å². The van der Waals surface area contributed by atoms with E-state index in [4.69, 9.17) is 9.47 Å². The number of nitrogens with zero attached hydrogens (tertiary/aromatic N) is 2. The first-order valence-corrected chi connectivity index (χ1v) is 9.14. The zero-order chi connectivity index (χ0) is 17.7. The molecule has 0 aliphatic carbocycles. The Bertz CT molecular complexity index is 441. The molecular weight excluding hydrogens is 308 g/mol. The third-order valence-corrected chi connectivity index (χ3v) is 4.60. The number of likely N-dealkylation sites (N-methyl/N-ethyl adjacent to an activating group) is 1. The van der Waals surface area contributed by atoms with Gasteiger partial charge < -0.3 is 14.4 Å². The van der Waals surface area contributed by atoms with Crippen LogP contribution in [0.4, 0.5) is 4.79 Å². The lowest BCUT2D eigenvalue weighted by molar-refractivity contribution is -0.135. The number of carbonyl (C=O) groups is 2. The van der Waals surface area contributed by atoms with E-state index in [1.54, 1.807) is 9.80 Å². The Morgan fingerprint density at radius 3 is 2.58 bits per heavy atom. The summed E-state index contributed by atoms with van der Waals surface area (Å²) < 4.78 is 11.2. The molecule has 24 heavy (non-hydrogen) atoms. The topological polar surface area (TPSA) is 59.1 Å². The van der Waals surface area contributed by atoms with E-state index < -0.39 is 11.6 Å². The Morgan fingerprint density at radius 1 is 1.21 bits per heavy atom. The summed E-state index contributed by atoms with van der Waals surface area (Å²) in [5.74, 6) is 0.00849. The second-order valence-corrected chi connectivity index (χ2v) is 7.87. The van der Waals surface area contributed by atoms with Crippen molar-refractivity contribution in [3.05, 3.63) is 0 Å². The maximum Gasteiger partial charge on any atom is 0.410 e. The number of ether oxygens (including phenoxy) is 2. The highest BCUT2D eigenvalue weighted by Gasteiger charge is 2.37. The number of hydrogen-bond acceptors (Lipinski definition) is 4. The maximum absolute atomic E-state index is 12.7. The predicted molar refractivity (Wildman–Crippen MR) is 91.8 cm³/mol. The van der Waals surface area contributed by atoms with E-state index in [0.717, 1.165) is 32.3 Å². The highest BCUT2D eigenvalue weighted by atomic mass is 16.6. The fourth-order valence-corrected chi connectivity index (χ4v) is 3.30. The van der Waals surface area contributed by atoms with E-state index >= 15 is 0 Å². The number of rotatable bonds is 4. The molecule has 2 saturated heterocycles. The molecule has 2 amide bonds. The fourth-order valence-electron chi connectivity index (χ4n) is 3.30. The van der Waals surface area contributed by atoms with Gasteiger partial charge in [0, 0.05) is 26.7 Å². The van der Waals surface area contributed by atoms with Crippen LogP contribution < -0.4 is 0 Å². The Hall–Kier alpha value is -1.30. The summed E-state index contributed by atoms with van der Waals surface area (Å²) in [5, 5.41) is 0. The highest BCUT2D eigenvalue weighted by molar-refractivity contribution is 5.86. The van der Waals surface area contributed by atoms with Gasteiger partial charge in [0.15, 0.2) is 0 Å². The Morgan fingerprint density at radius 2 is 1.96 bits per heavy atom. The van der Waals surface area contributed by atoms with Crippen molar-refractivity contribution >= 4 is 12.0 Å². The summed E-state index contributed by atoms with van der Waals surface area (Å²) >= 11 is 0. The molecule has 6 heteroatoms. The van der Waals surface area contributed by atoms with Crippen molar-refractivity contribution in [3.8, 4) is 0 Å². The first kappa shape index (κ1) is 19.0. The minimum atomic E-state index is -0.544. The summed E-state index contributed by atoms with van der Waals surface area (Å²) in [6, 6.07) is -0.392. The molecule has 2 aliphatic heterocycles. The average Bonchev–Trinajstić information content (AvgIpc) is 3.01. The molecule has 2 fully saturated rings. The van der Waals surface area contributed by atoms with Crippen LogP contribution in [0.15, 0.2) is 0 Å². The Kier molecular flexibility index (Phi) is 6.49. The van der Waals surface area contributed by atoms with E-state index in [1.165, 1.54) is 6.42 Å². The van der Waals surface area contributed by atoms with Crippen molar-refractivity contribution in [1.82, 2.24) is 9.80 Å². The number of amides is 2. The summed E-state index contributed by atoms with van der Waals surface area (Å²) in [4.78, 5) is 28.4. The molecule has 0 N–H and O–H groups in total. The van der Waals surface area contributed by atoms with Gasteiger partial charge in [0.25, 0.3) is 0 Å². The molecule has 2 unspecified atom stereocenters. The van der Waals surface area contributed by atoms with Crippen LogP contribution in [0, 0.1) is 0 Å². The van der Waals surface area contributed by atoms with E-state index in [2.05, 4.69) is 0 Å². The van der Waals surface area contributed by atoms with Crippen LogP contribution in [-0.2, 0) is 14.3 Å². The van der Waals surface area contributed by atoms with Gasteiger partial charge in [-0.05, 0) is 59.3 Å². The van der Waals surface area contributed by atoms with Gasteiger partial charge in [0.1, 0.15) is 11.6 Å². The first-order valence-electron chi connectivity index (χ1n) is 9.14. The average molecular weight is 340 g/mol. The number of carbonyl (C=O) groups excluding carboxylic acids is 2. The van der Waals surface area contributed by atoms with Gasteiger partial charge >= 0.3 is 6.09 Å². The largest absolute Gasteiger partial charge is 0.444 e. The summed E-state index contributed by atoms with van der Waals surface area (Å²) in [6.45, 7) is 7.61. The molecule has 0 bridgehead atoms. The monoisotopic (exact) mass is 340 g/mol. The van der Waals surface area contributed by atoms with E-state index in [0.29, 0.717) is 19.5 Å². The van der Waals surface area contributed by atoms with Crippen LogP contribution in [-0.4, -0.2) is 66.3 Å². The molecule has 0 saturated carbocycles. The van der Waals surface area contributed by atoms with Gasteiger partial charge in [-0.15, -0.1) is 0 Å². The molecule has 2 heterocycles. The van der Waals surface area contributed by atoms with Crippen LogP contribution >= 0.6 is 0 Å². The van der Waals surface area contributed by atoms with Crippen molar-refractivity contribution in [2.24, 2.45) is 0 Å². The Balaban J connectivity index is 1.85. The van der Waals surface area contributed by atoms with Crippen LogP contribution in [0.2, 0.25) is 0 Å². The van der Waals surface area contributed by atoms with Crippen LogP contribution in [0.25, 0.3) is 0 Å². The smallest absolute Gasteiger partial charge is 0.410 e. The lowest BCUT2D eigenvalue weighted by atomic mass is 10.1. The molecule has 6 nitrogen and oxygen atoms in total. The molecule has 0 aromatic heterocycles. The second-order valence-electron chi connectivity index (χ2n) is 7.87. The minimum Gasteiger partial charge on any atom is -0.444 e. The van der Waals surface area contributed by atoms with Crippen LogP contribution in [0.5, 0.6) is 0 Å². The number of hydrogen-bond donors (Lipinski definition) is 0. The zero-order valence-electron chi connectivity index (χ0n) is 15.5. The first-order chi connectivity index (χ1) is 11.3. The fraction of sp³-hybridized carbons (Fsp3) is 0.889. The van der Waals surface area contributed by atoms with Crippen molar-refractivity contribution < 1.29 is 19.1 Å². The third kappa shape index (κ3) is 5.36. The van der Waals surface area contributed by atoms with Crippen LogP contribution in [0.1, 0.15) is 59.3 Å². The predicted octanol–water partition coefficient (Wildman–Crippen LogP) is 2.80. The molecule has 138 valence electrons. The van der Waals surface area contributed by atoms with Gasteiger partial charge in [-0.2, -0.15) is 0 Å². The van der Waals surface area contributed by atoms with Crippen molar-refractivity contribution in [3.63, 3.8) is 0 Å². The third-order valence-electron chi connectivity index (χ3n) is 4.60. The van der Waals surface area contributed by atoms with Crippen molar-refractivity contribution in [2.45, 2.75) is 77.0 Å². The van der Waals surface area contributed by atoms with E-state index in [9.17, 15) is 9.59 Å². The molecule has 2 atom stereocenters. The lowest BCUT2D eigenvalue weighted by Crippen LogP contribution is -2.48. The molecule has 2 aliphatic rings. The quantitative estimate of drug-likeness (QED) is 0.789. The summed E-state index contributed by atoms with van der Waals surface area (Å²) in [5.41, 5.74) is -0.544. The Labute approximate surface area is 145 Å². The maximum atomic E-state index is 12.7. The zero-order valence-corrected chi connectivity index (χ0v) is 15.5. The van der Waals surface area contributed by atoms with Gasteiger partial charge in [0.05, 0.1) is 6.10 Å². The molecular formula is C18H32N2O4. The summed E-state index contributed by atoms with van der Waals surface area (Å²) in [6.07, 6.45) is 5.71. The molecule has 0 aromatic carbocycles. The van der Waals surface area contributed by atoms with Gasteiger partial charge in [-0.25, -0.2) is 4.79 Å². The summed E-state index contributed by atoms with van der Waals surface area (Å²) in [7, 11) is 1.82. The number of likely N-dealkylation sites (tertiary alicyclic amines) is 1. The molecule has 0 spiro atoms. The molecule has 0 radical (unpaired) electrons. The second kappa shape index (κ2) is 8.19. The van der Waals surface area contributed by atoms with E-state index in [-0.39, 0.29) is 18.1 Å². The minimum absolute atomic E-state index is 0.00849. The van der Waals surface area contributed by atoms with Crippen LogP contribution in [0.3, 0.4) is 0 Å². The van der Waals surface area contributed by atoms with Gasteiger partial charge in [-0.1, -0.05) is 0 Å². The highest BCUT2D eigenvalue weighted by Crippen LogP contribution is 2.23. The lowest BCUT2D eigenvalue weighted by Gasteiger charge is -2.31. The van der Waals surface area contributed by atoms with Gasteiger partial charge in [-0.3, -0.25) is 9.69 Å². The van der Waals surface area contributed by atoms with E-state index in [1.807, 2.05) is 27.8 Å². The standard InChI is InChI=1S/C18H32N2O4/c1-18(2,3)24-17(22)20-11-7-9-15(20)16(21)19(4)12-10-14-8-5-6-13-23-14/h14-15H,5-13H2,1-4H3. The molecule has 2 rings (SSSR count). The van der Waals surface area contributed by atoms with Gasteiger partial charge in [0.2, 0.25) is 5.91 Å². The SMILES string of the molecule is CN(CCC1CCCCO1)C(=O)C1CCCN1C(=O)OC(C)(C)C. The molecule has 0 aromatic rings.